The Balaban J connectivity index is 1.57. The zero-order valence-electron chi connectivity index (χ0n) is 21.5. The Labute approximate surface area is 203 Å². The molecule has 4 bridgehead atoms. The van der Waals surface area contributed by atoms with E-state index in [4.69, 9.17) is 13.9 Å². The van der Waals surface area contributed by atoms with E-state index in [2.05, 4.69) is 58.2 Å². The van der Waals surface area contributed by atoms with Gasteiger partial charge in [0.2, 0.25) is 9.04 Å². The van der Waals surface area contributed by atoms with E-state index >= 15 is 0 Å². The zero-order valence-corrected chi connectivity index (χ0v) is 22.6. The SMILES string of the molecule is C[SiH](C)Oc1c(C=CCC2OCCCO2)ccc(C(C)(C)C)c1C12CC3CC(CC(C3)C1)C2. The van der Waals surface area contributed by atoms with Crippen LogP contribution in [-0.4, -0.2) is 28.5 Å². The fraction of sp³-hybridized carbons (Fsp3) is 0.724. The largest absolute Gasteiger partial charge is 0.546 e. The van der Waals surface area contributed by atoms with Crippen LogP contribution in [0, 0.1) is 17.8 Å². The molecule has 1 aromatic rings. The lowest BCUT2D eigenvalue weighted by atomic mass is 9.47. The molecule has 5 fully saturated rings. The van der Waals surface area contributed by atoms with Crippen molar-refractivity contribution in [2.45, 2.75) is 102 Å². The van der Waals surface area contributed by atoms with Crippen LogP contribution in [0.25, 0.3) is 6.08 Å². The van der Waals surface area contributed by atoms with E-state index in [0.29, 0.717) is 5.41 Å². The monoisotopic (exact) mass is 468 g/mol. The molecular weight excluding hydrogens is 424 g/mol. The molecule has 1 heterocycles. The van der Waals surface area contributed by atoms with Gasteiger partial charge in [0.25, 0.3) is 0 Å². The Kier molecular flexibility index (Phi) is 6.56. The van der Waals surface area contributed by atoms with Gasteiger partial charge in [0.1, 0.15) is 5.75 Å². The van der Waals surface area contributed by atoms with Crippen molar-refractivity contribution in [1.29, 1.82) is 0 Å². The third kappa shape index (κ3) is 4.86. The van der Waals surface area contributed by atoms with Crippen LogP contribution in [-0.2, 0) is 20.3 Å². The van der Waals surface area contributed by atoms with Gasteiger partial charge in [-0.3, -0.25) is 0 Å². The van der Waals surface area contributed by atoms with E-state index in [0.717, 1.165) is 43.8 Å². The van der Waals surface area contributed by atoms with Crippen molar-refractivity contribution in [2.24, 2.45) is 17.8 Å². The molecule has 6 rings (SSSR count). The smallest absolute Gasteiger partial charge is 0.229 e. The van der Waals surface area contributed by atoms with Crippen molar-refractivity contribution in [2.75, 3.05) is 13.2 Å². The van der Waals surface area contributed by atoms with Gasteiger partial charge in [0.05, 0.1) is 13.2 Å². The fourth-order valence-electron chi connectivity index (χ4n) is 7.64. The number of hydrogen-bond acceptors (Lipinski definition) is 3. The van der Waals surface area contributed by atoms with Crippen molar-refractivity contribution in [3.8, 4) is 5.75 Å². The highest BCUT2D eigenvalue weighted by Gasteiger charge is 2.53. The first-order chi connectivity index (χ1) is 15.7. The number of rotatable bonds is 6. The maximum absolute atomic E-state index is 6.87. The molecule has 5 aliphatic rings. The Morgan fingerprint density at radius 2 is 1.61 bits per heavy atom. The van der Waals surface area contributed by atoms with Gasteiger partial charge >= 0.3 is 0 Å². The Morgan fingerprint density at radius 1 is 1.00 bits per heavy atom. The summed E-state index contributed by atoms with van der Waals surface area (Å²) in [6.07, 6.45) is 14.7. The highest BCUT2D eigenvalue weighted by atomic mass is 28.3. The molecule has 0 unspecified atom stereocenters. The Hall–Kier alpha value is -1.10. The van der Waals surface area contributed by atoms with Crippen LogP contribution >= 0.6 is 0 Å². The standard InChI is InChI=1S/C29H44O3Si/c1-28(2,3)24-11-10-23(8-6-9-25-30-12-7-13-31-25)27(32-33(4)5)26(24)29-17-20-14-21(18-29)16-22(15-20)19-29/h6,8,10-11,20-22,25,33H,7,9,12-19H2,1-5H3. The van der Waals surface area contributed by atoms with Crippen molar-refractivity contribution in [3.63, 3.8) is 0 Å². The third-order valence-electron chi connectivity index (χ3n) is 8.44. The summed E-state index contributed by atoms with van der Waals surface area (Å²) < 4.78 is 18.4. The van der Waals surface area contributed by atoms with Gasteiger partial charge in [0, 0.05) is 23.0 Å². The van der Waals surface area contributed by atoms with Crippen LogP contribution in [0.2, 0.25) is 13.1 Å². The highest BCUT2D eigenvalue weighted by Crippen LogP contribution is 2.63. The van der Waals surface area contributed by atoms with Crippen LogP contribution in [0.4, 0.5) is 0 Å². The summed E-state index contributed by atoms with van der Waals surface area (Å²) in [5, 5.41) is 0. The van der Waals surface area contributed by atoms with Crippen LogP contribution in [0.3, 0.4) is 0 Å². The maximum atomic E-state index is 6.87. The van der Waals surface area contributed by atoms with E-state index in [-0.39, 0.29) is 11.7 Å². The van der Waals surface area contributed by atoms with E-state index < -0.39 is 9.04 Å². The molecule has 1 aliphatic heterocycles. The van der Waals surface area contributed by atoms with Crippen molar-refractivity contribution < 1.29 is 13.9 Å². The first kappa shape index (κ1) is 23.6. The Morgan fingerprint density at radius 3 is 2.15 bits per heavy atom. The van der Waals surface area contributed by atoms with Crippen LogP contribution in [0.5, 0.6) is 5.75 Å². The lowest BCUT2D eigenvalue weighted by Crippen LogP contribution is -2.49. The van der Waals surface area contributed by atoms with E-state index in [1.165, 1.54) is 55.4 Å². The second-order valence-corrected chi connectivity index (χ2v) is 15.0. The number of hydrogen-bond donors (Lipinski definition) is 0. The number of benzene rings is 1. The summed E-state index contributed by atoms with van der Waals surface area (Å²) in [4.78, 5) is 0. The highest BCUT2D eigenvalue weighted by molar-refractivity contribution is 6.49. The molecule has 4 saturated carbocycles. The van der Waals surface area contributed by atoms with E-state index in [1.54, 1.807) is 5.56 Å². The quantitative estimate of drug-likeness (QED) is 0.422. The van der Waals surface area contributed by atoms with Crippen molar-refractivity contribution >= 4 is 15.1 Å². The molecule has 4 aliphatic carbocycles. The van der Waals surface area contributed by atoms with Gasteiger partial charge in [-0.2, -0.15) is 0 Å². The molecule has 4 heteroatoms. The average Bonchev–Trinajstić information content (AvgIpc) is 2.73. The molecule has 0 radical (unpaired) electrons. The van der Waals surface area contributed by atoms with Gasteiger partial charge in [-0.1, -0.05) is 45.1 Å². The molecule has 0 N–H and O–H groups in total. The molecule has 0 atom stereocenters. The lowest BCUT2D eigenvalue weighted by molar-refractivity contribution is -0.175. The second-order valence-electron chi connectivity index (χ2n) is 12.7. The van der Waals surface area contributed by atoms with Gasteiger partial charge in [-0.25, -0.2) is 0 Å². The minimum atomic E-state index is -1.27. The Bertz CT molecular complexity index is 840. The zero-order chi connectivity index (χ0) is 23.2. The molecular formula is C29H44O3Si. The summed E-state index contributed by atoms with van der Waals surface area (Å²) >= 11 is 0. The molecule has 33 heavy (non-hydrogen) atoms. The van der Waals surface area contributed by atoms with Gasteiger partial charge < -0.3 is 13.9 Å². The predicted molar refractivity (Wildman–Crippen MR) is 138 cm³/mol. The first-order valence-corrected chi connectivity index (χ1v) is 16.3. The molecule has 0 aromatic heterocycles. The average molecular weight is 469 g/mol. The van der Waals surface area contributed by atoms with Crippen LogP contribution in [0.15, 0.2) is 18.2 Å². The van der Waals surface area contributed by atoms with Gasteiger partial charge in [-0.05, 0) is 86.8 Å². The molecule has 0 amide bonds. The summed E-state index contributed by atoms with van der Waals surface area (Å²) in [7, 11) is -1.27. The van der Waals surface area contributed by atoms with Crippen LogP contribution in [0.1, 0.15) is 88.8 Å². The fourth-order valence-corrected chi connectivity index (χ4v) is 8.37. The summed E-state index contributed by atoms with van der Waals surface area (Å²) in [6.45, 7) is 13.4. The topological polar surface area (TPSA) is 27.7 Å². The summed E-state index contributed by atoms with van der Waals surface area (Å²) in [6, 6.07) is 4.74. The minimum absolute atomic E-state index is 0.102. The van der Waals surface area contributed by atoms with Crippen LogP contribution < -0.4 is 4.43 Å². The summed E-state index contributed by atoms with van der Waals surface area (Å²) in [5.41, 5.74) is 4.79. The molecule has 0 spiro atoms. The maximum Gasteiger partial charge on any atom is 0.229 e. The second kappa shape index (κ2) is 9.16. The van der Waals surface area contributed by atoms with E-state index in [9.17, 15) is 0 Å². The normalized spacial score (nSPS) is 32.2. The predicted octanol–water partition coefficient (Wildman–Crippen LogP) is 6.98. The number of ether oxygens (including phenoxy) is 2. The van der Waals surface area contributed by atoms with E-state index in [1.807, 2.05) is 0 Å². The summed E-state index contributed by atoms with van der Waals surface area (Å²) in [5.74, 6) is 3.99. The van der Waals surface area contributed by atoms with Gasteiger partial charge in [-0.15, -0.1) is 0 Å². The molecule has 1 saturated heterocycles. The minimum Gasteiger partial charge on any atom is -0.546 e. The third-order valence-corrected chi connectivity index (χ3v) is 9.15. The van der Waals surface area contributed by atoms with Gasteiger partial charge in [0.15, 0.2) is 6.29 Å². The molecule has 3 nitrogen and oxygen atoms in total. The molecule has 182 valence electrons. The van der Waals surface area contributed by atoms with Crippen molar-refractivity contribution in [3.05, 3.63) is 34.9 Å². The molecule has 1 aromatic carbocycles. The lowest BCUT2D eigenvalue weighted by Gasteiger charge is -2.58. The van der Waals surface area contributed by atoms with Crippen molar-refractivity contribution in [1.82, 2.24) is 0 Å². The first-order valence-electron chi connectivity index (χ1n) is 13.5.